The molecule has 130 valence electrons. The highest BCUT2D eigenvalue weighted by atomic mass is 16.5. The van der Waals surface area contributed by atoms with Crippen molar-refractivity contribution in [3.63, 3.8) is 0 Å². The molecular formula is C18H25N3O3. The number of piperidine rings is 1. The highest BCUT2D eigenvalue weighted by molar-refractivity contribution is 5.94. The zero-order valence-electron chi connectivity index (χ0n) is 14.4. The van der Waals surface area contributed by atoms with Crippen LogP contribution in [0.5, 0.6) is 5.88 Å². The number of hydrogen-bond acceptors (Lipinski definition) is 4. The van der Waals surface area contributed by atoms with E-state index in [9.17, 15) is 9.59 Å². The van der Waals surface area contributed by atoms with Crippen LogP contribution in [0, 0.1) is 5.41 Å². The van der Waals surface area contributed by atoms with Gasteiger partial charge in [-0.25, -0.2) is 4.98 Å². The van der Waals surface area contributed by atoms with Crippen LogP contribution < -0.4 is 10.1 Å². The normalized spacial score (nSPS) is 26.2. The Morgan fingerprint density at radius 2 is 2.29 bits per heavy atom. The third-order valence-electron chi connectivity index (χ3n) is 5.54. The monoisotopic (exact) mass is 331 g/mol. The summed E-state index contributed by atoms with van der Waals surface area (Å²) in [4.78, 5) is 30.7. The van der Waals surface area contributed by atoms with E-state index in [0.717, 1.165) is 32.2 Å². The lowest BCUT2D eigenvalue weighted by Gasteiger charge is -2.46. The quantitative estimate of drug-likeness (QED) is 0.896. The molecule has 2 fully saturated rings. The minimum Gasteiger partial charge on any atom is -0.481 e. The van der Waals surface area contributed by atoms with Crippen molar-refractivity contribution in [3.05, 3.63) is 23.9 Å². The molecule has 2 unspecified atom stereocenters. The van der Waals surface area contributed by atoms with Crippen LogP contribution in [0.1, 0.15) is 49.4 Å². The second-order valence-corrected chi connectivity index (χ2v) is 6.72. The number of aromatic nitrogens is 1. The fraction of sp³-hybridized carbons (Fsp3) is 0.611. The highest BCUT2D eigenvalue weighted by Crippen LogP contribution is 2.47. The average Bonchev–Trinajstić information content (AvgIpc) is 3.04. The van der Waals surface area contributed by atoms with Gasteiger partial charge in [-0.05, 0) is 32.3 Å². The zero-order valence-corrected chi connectivity index (χ0v) is 14.4. The molecule has 24 heavy (non-hydrogen) atoms. The molecule has 1 saturated carbocycles. The first-order valence-electron chi connectivity index (χ1n) is 8.67. The predicted molar refractivity (Wildman–Crippen MR) is 89.8 cm³/mol. The standard InChI is InChI=1S/C18H25N3O3/c1-3-21-14-5-4-9-18(14,10-8-16(21)22)12-20-17(23)13-6-7-15(24-2)19-11-13/h6-7,11,14H,3-5,8-10,12H2,1-2H3,(H,20,23). The van der Waals surface area contributed by atoms with Gasteiger partial charge >= 0.3 is 0 Å². The Hall–Kier alpha value is -2.11. The molecule has 2 aliphatic rings. The van der Waals surface area contributed by atoms with E-state index in [-0.39, 0.29) is 23.3 Å². The fourth-order valence-electron chi connectivity index (χ4n) is 4.26. The van der Waals surface area contributed by atoms with E-state index in [0.29, 0.717) is 24.4 Å². The van der Waals surface area contributed by atoms with Gasteiger partial charge in [-0.1, -0.05) is 6.42 Å². The maximum absolute atomic E-state index is 12.4. The molecule has 3 rings (SSSR count). The molecule has 6 heteroatoms. The van der Waals surface area contributed by atoms with Gasteiger partial charge in [-0.3, -0.25) is 9.59 Å². The van der Waals surface area contributed by atoms with Crippen LogP contribution in [-0.4, -0.2) is 47.9 Å². The second-order valence-electron chi connectivity index (χ2n) is 6.72. The Labute approximate surface area is 142 Å². The maximum Gasteiger partial charge on any atom is 0.252 e. The summed E-state index contributed by atoms with van der Waals surface area (Å²) in [5.41, 5.74) is 0.556. The molecule has 1 aromatic rings. The summed E-state index contributed by atoms with van der Waals surface area (Å²) in [6.45, 7) is 3.40. The van der Waals surface area contributed by atoms with Crippen LogP contribution in [0.15, 0.2) is 18.3 Å². The number of likely N-dealkylation sites (tertiary alicyclic amines) is 1. The summed E-state index contributed by atoms with van der Waals surface area (Å²) in [6.07, 6.45) is 6.22. The Morgan fingerprint density at radius 3 is 2.96 bits per heavy atom. The first-order valence-corrected chi connectivity index (χ1v) is 8.67. The van der Waals surface area contributed by atoms with E-state index in [1.807, 2.05) is 11.8 Å². The van der Waals surface area contributed by atoms with E-state index in [2.05, 4.69) is 10.3 Å². The smallest absolute Gasteiger partial charge is 0.252 e. The molecule has 0 bridgehead atoms. The predicted octanol–water partition coefficient (Wildman–Crippen LogP) is 2.00. The number of carbonyl (C=O) groups is 2. The van der Waals surface area contributed by atoms with E-state index >= 15 is 0 Å². The number of hydrogen-bond donors (Lipinski definition) is 1. The summed E-state index contributed by atoms with van der Waals surface area (Å²) < 4.78 is 5.01. The third-order valence-corrected chi connectivity index (χ3v) is 5.54. The summed E-state index contributed by atoms with van der Waals surface area (Å²) in [7, 11) is 1.55. The van der Waals surface area contributed by atoms with Gasteiger partial charge in [-0.15, -0.1) is 0 Å². The van der Waals surface area contributed by atoms with E-state index in [1.54, 1.807) is 19.2 Å². The van der Waals surface area contributed by atoms with Crippen molar-refractivity contribution in [2.75, 3.05) is 20.2 Å². The summed E-state index contributed by atoms with van der Waals surface area (Å²) in [6, 6.07) is 3.66. The van der Waals surface area contributed by atoms with Crippen molar-refractivity contribution in [3.8, 4) is 5.88 Å². The van der Waals surface area contributed by atoms with Crippen LogP contribution >= 0.6 is 0 Å². The van der Waals surface area contributed by atoms with Crippen LogP contribution in [0.25, 0.3) is 0 Å². The lowest BCUT2D eigenvalue weighted by atomic mass is 9.74. The van der Waals surface area contributed by atoms with Gasteiger partial charge in [0, 0.05) is 43.2 Å². The molecule has 1 aliphatic heterocycles. The highest BCUT2D eigenvalue weighted by Gasteiger charge is 2.49. The number of nitrogens with zero attached hydrogens (tertiary/aromatic N) is 2. The molecule has 2 heterocycles. The molecule has 1 aromatic heterocycles. The van der Waals surface area contributed by atoms with Crippen molar-refractivity contribution in [2.45, 2.75) is 45.1 Å². The van der Waals surface area contributed by atoms with Gasteiger partial charge < -0.3 is 15.0 Å². The van der Waals surface area contributed by atoms with E-state index in [4.69, 9.17) is 4.74 Å². The van der Waals surface area contributed by atoms with Crippen LogP contribution in [0.3, 0.4) is 0 Å². The van der Waals surface area contributed by atoms with Crippen molar-refractivity contribution >= 4 is 11.8 Å². The van der Waals surface area contributed by atoms with Gasteiger partial charge in [0.2, 0.25) is 11.8 Å². The van der Waals surface area contributed by atoms with Gasteiger partial charge in [0.25, 0.3) is 5.91 Å². The first-order chi connectivity index (χ1) is 11.6. The van der Waals surface area contributed by atoms with Crippen LogP contribution in [-0.2, 0) is 4.79 Å². The second kappa shape index (κ2) is 6.79. The lowest BCUT2D eigenvalue weighted by molar-refractivity contribution is -0.141. The summed E-state index contributed by atoms with van der Waals surface area (Å²) in [5.74, 6) is 0.626. The molecule has 1 aliphatic carbocycles. The van der Waals surface area contributed by atoms with Crippen molar-refractivity contribution in [2.24, 2.45) is 5.41 Å². The molecular weight excluding hydrogens is 306 g/mol. The minimum absolute atomic E-state index is 0.0273. The minimum atomic E-state index is -0.120. The number of methoxy groups -OCH3 is 1. The van der Waals surface area contributed by atoms with Gasteiger partial charge in [-0.2, -0.15) is 0 Å². The van der Waals surface area contributed by atoms with Gasteiger partial charge in [0.05, 0.1) is 12.7 Å². The van der Waals surface area contributed by atoms with Gasteiger partial charge in [0.15, 0.2) is 0 Å². The third kappa shape index (κ3) is 2.97. The number of pyridine rings is 1. The van der Waals surface area contributed by atoms with Crippen molar-refractivity contribution < 1.29 is 14.3 Å². The Kier molecular flexibility index (Phi) is 4.73. The number of carbonyl (C=O) groups excluding carboxylic acids is 2. The van der Waals surface area contributed by atoms with Gasteiger partial charge in [0.1, 0.15) is 0 Å². The summed E-state index contributed by atoms with van der Waals surface area (Å²) in [5, 5.41) is 3.07. The molecule has 0 aromatic carbocycles. The van der Waals surface area contributed by atoms with E-state index < -0.39 is 0 Å². The number of fused-ring (bicyclic) bond motifs is 1. The number of rotatable bonds is 5. The number of amides is 2. The molecule has 1 saturated heterocycles. The fourth-order valence-corrected chi connectivity index (χ4v) is 4.26. The largest absolute Gasteiger partial charge is 0.481 e. The molecule has 0 spiro atoms. The van der Waals surface area contributed by atoms with E-state index in [1.165, 1.54) is 6.20 Å². The maximum atomic E-state index is 12.4. The zero-order chi connectivity index (χ0) is 17.2. The Bertz CT molecular complexity index is 616. The number of ether oxygens (including phenoxy) is 1. The van der Waals surface area contributed by atoms with Crippen molar-refractivity contribution in [1.82, 2.24) is 15.2 Å². The van der Waals surface area contributed by atoms with Crippen LogP contribution in [0.2, 0.25) is 0 Å². The Morgan fingerprint density at radius 1 is 1.46 bits per heavy atom. The molecule has 2 atom stereocenters. The van der Waals surface area contributed by atoms with Crippen molar-refractivity contribution in [1.29, 1.82) is 0 Å². The SMILES string of the molecule is CCN1C(=O)CCC2(CNC(=O)c3ccc(OC)nc3)CCCC12. The molecule has 0 radical (unpaired) electrons. The summed E-state index contributed by atoms with van der Waals surface area (Å²) >= 11 is 0. The molecule has 1 N–H and O–H groups in total. The molecule has 6 nitrogen and oxygen atoms in total. The van der Waals surface area contributed by atoms with Crippen LogP contribution in [0.4, 0.5) is 0 Å². The average molecular weight is 331 g/mol. The lowest BCUT2D eigenvalue weighted by Crippen LogP contribution is -2.55. The molecule has 2 amide bonds. The first kappa shape index (κ1) is 16.7. The number of nitrogens with one attached hydrogen (secondary N) is 1. The topological polar surface area (TPSA) is 71.5 Å². The Balaban J connectivity index is 1.68.